The maximum atomic E-state index is 11.2. The van der Waals surface area contributed by atoms with E-state index in [0.29, 0.717) is 50.5 Å². The van der Waals surface area contributed by atoms with E-state index in [1.165, 1.54) is 0 Å². The molecule has 9 nitrogen and oxygen atoms in total. The fraction of sp³-hybridized carbons (Fsp3) is 0.174. The van der Waals surface area contributed by atoms with Gasteiger partial charge in [0, 0.05) is 10.6 Å². The van der Waals surface area contributed by atoms with E-state index < -0.39 is 11.8 Å². The fourth-order valence-corrected chi connectivity index (χ4v) is 4.22. The number of ether oxygens (including phenoxy) is 3. The highest BCUT2D eigenvalue weighted by atomic mass is 35.5. The molecule has 2 heterocycles. The molecule has 3 aromatic rings. The molecule has 1 aliphatic rings. The Balaban J connectivity index is 1.88. The molecule has 0 radical (unpaired) electrons. The average Bonchev–Trinajstić information content (AvgIpc) is 3.20. The lowest BCUT2D eigenvalue weighted by molar-refractivity contribution is -0.119. The Morgan fingerprint density at radius 3 is 2.71 bits per heavy atom. The zero-order valence-electron chi connectivity index (χ0n) is 17.9. The highest BCUT2D eigenvalue weighted by Gasteiger charge is 2.36. The van der Waals surface area contributed by atoms with Gasteiger partial charge < -0.3 is 25.7 Å². The number of primary amides is 1. The molecule has 0 fully saturated rings. The number of fused-ring (bicyclic) bond motifs is 1. The topological polar surface area (TPSA) is 149 Å². The summed E-state index contributed by atoms with van der Waals surface area (Å²) in [5.41, 5.74) is 13.9. The summed E-state index contributed by atoms with van der Waals surface area (Å²) in [6.45, 7) is 1.85. The number of nitriles is 1. The number of hydrogen-bond donors (Lipinski definition) is 3. The van der Waals surface area contributed by atoms with Crippen LogP contribution in [-0.2, 0) is 4.79 Å². The lowest BCUT2D eigenvalue weighted by atomic mass is 9.83. The number of nitrogens with two attached hydrogens (primary N) is 2. The molecule has 1 amide bonds. The highest BCUT2D eigenvalue weighted by Crippen LogP contribution is 2.48. The van der Waals surface area contributed by atoms with Gasteiger partial charge in [-0.05, 0) is 42.8 Å². The van der Waals surface area contributed by atoms with Crippen LogP contribution < -0.4 is 25.7 Å². The first kappa shape index (κ1) is 23.3. The maximum absolute atomic E-state index is 11.2. The quantitative estimate of drug-likeness (QED) is 0.446. The van der Waals surface area contributed by atoms with Crippen molar-refractivity contribution in [3.63, 3.8) is 0 Å². The number of aromatic nitrogens is 2. The van der Waals surface area contributed by atoms with Gasteiger partial charge >= 0.3 is 0 Å². The van der Waals surface area contributed by atoms with E-state index >= 15 is 0 Å². The molecule has 5 N–H and O–H groups in total. The molecule has 4 rings (SSSR count). The number of halogens is 2. The Bertz CT molecular complexity index is 1350. The molecule has 1 aliphatic heterocycles. The van der Waals surface area contributed by atoms with Gasteiger partial charge in [0.2, 0.25) is 11.8 Å². The minimum atomic E-state index is -0.654. The van der Waals surface area contributed by atoms with E-state index in [9.17, 15) is 10.1 Å². The normalized spacial score (nSPS) is 14.7. The summed E-state index contributed by atoms with van der Waals surface area (Å²) in [5, 5.41) is 18.0. The second kappa shape index (κ2) is 9.55. The summed E-state index contributed by atoms with van der Waals surface area (Å²) in [7, 11) is 0. The van der Waals surface area contributed by atoms with E-state index in [-0.39, 0.29) is 23.9 Å². The van der Waals surface area contributed by atoms with Crippen LogP contribution in [0.5, 0.6) is 17.4 Å². The second-order valence-electron chi connectivity index (χ2n) is 7.26. The molecule has 0 unspecified atom stereocenters. The molecule has 0 aliphatic carbocycles. The van der Waals surface area contributed by atoms with Crippen LogP contribution in [0, 0.1) is 11.3 Å². The highest BCUT2D eigenvalue weighted by molar-refractivity contribution is 6.36. The van der Waals surface area contributed by atoms with Crippen LogP contribution in [0.2, 0.25) is 10.0 Å². The number of carbonyl (C=O) groups excluding carboxylic acids is 1. The molecule has 0 bridgehead atoms. The molecule has 0 saturated heterocycles. The Hall–Kier alpha value is -3.87. The molecular weight excluding hydrogens is 481 g/mol. The summed E-state index contributed by atoms with van der Waals surface area (Å²) >= 11 is 12.5. The maximum Gasteiger partial charge on any atom is 0.255 e. The van der Waals surface area contributed by atoms with Gasteiger partial charge in [0.1, 0.15) is 11.6 Å². The van der Waals surface area contributed by atoms with Crippen LogP contribution in [0.15, 0.2) is 47.9 Å². The van der Waals surface area contributed by atoms with Crippen molar-refractivity contribution in [3.05, 3.63) is 69.0 Å². The van der Waals surface area contributed by atoms with E-state index in [0.717, 1.165) is 0 Å². The zero-order chi connectivity index (χ0) is 24.4. The molecule has 1 atom stereocenters. The Morgan fingerprint density at radius 2 is 2.03 bits per heavy atom. The van der Waals surface area contributed by atoms with Crippen LogP contribution in [0.1, 0.15) is 24.0 Å². The lowest BCUT2D eigenvalue weighted by Crippen LogP contribution is -2.21. The average molecular weight is 500 g/mol. The lowest BCUT2D eigenvalue weighted by Gasteiger charge is -2.25. The second-order valence-corrected chi connectivity index (χ2v) is 8.10. The third kappa shape index (κ3) is 4.33. The first-order chi connectivity index (χ1) is 16.3. The summed E-state index contributed by atoms with van der Waals surface area (Å²) in [5.74, 6) is -0.411. The monoisotopic (exact) mass is 499 g/mol. The molecule has 34 heavy (non-hydrogen) atoms. The Labute approximate surface area is 204 Å². The van der Waals surface area contributed by atoms with Gasteiger partial charge in [-0.25, -0.2) is 0 Å². The number of rotatable bonds is 7. The van der Waals surface area contributed by atoms with Crippen LogP contribution >= 0.6 is 23.2 Å². The van der Waals surface area contributed by atoms with Gasteiger partial charge in [0.05, 0.1) is 28.8 Å². The summed E-state index contributed by atoms with van der Waals surface area (Å²) in [6.07, 6.45) is 0. The van der Waals surface area contributed by atoms with E-state index in [4.69, 9.17) is 48.9 Å². The van der Waals surface area contributed by atoms with Crippen LogP contribution in [0.25, 0.3) is 11.3 Å². The number of hydrogen-bond acceptors (Lipinski definition) is 7. The SMILES string of the molecule is CCOc1cc([C@@H]2C(C#N)=C(N)Oc3n[nH]c(-c4ccc(Cl)cc4Cl)c32)ccc1OCC(N)=O. The molecule has 11 heteroatoms. The van der Waals surface area contributed by atoms with E-state index in [1.54, 1.807) is 36.4 Å². The number of H-pyrrole nitrogens is 1. The van der Waals surface area contributed by atoms with Crippen molar-refractivity contribution in [1.82, 2.24) is 10.2 Å². The number of benzene rings is 2. The number of amides is 1. The Kier molecular flexibility index (Phi) is 6.54. The molecule has 2 aromatic carbocycles. The molecular formula is C23H19Cl2N5O4. The first-order valence-corrected chi connectivity index (χ1v) is 10.9. The van der Waals surface area contributed by atoms with E-state index in [1.807, 2.05) is 6.92 Å². The Morgan fingerprint density at radius 1 is 1.24 bits per heavy atom. The van der Waals surface area contributed by atoms with Crippen molar-refractivity contribution in [2.45, 2.75) is 12.8 Å². The van der Waals surface area contributed by atoms with Crippen molar-refractivity contribution in [1.29, 1.82) is 5.26 Å². The third-order valence-electron chi connectivity index (χ3n) is 5.11. The van der Waals surface area contributed by atoms with Gasteiger partial charge in [-0.2, -0.15) is 5.26 Å². The van der Waals surface area contributed by atoms with Crippen molar-refractivity contribution >= 4 is 29.1 Å². The van der Waals surface area contributed by atoms with Crippen molar-refractivity contribution in [3.8, 4) is 34.7 Å². The minimum Gasteiger partial charge on any atom is -0.490 e. The summed E-state index contributed by atoms with van der Waals surface area (Å²) in [6, 6.07) is 12.3. The standard InChI is InChI=1S/C23H19Cl2N5O4/c1-2-32-17-7-11(3-6-16(17)33-10-18(27)31)19-14(9-26)22(28)34-23-20(19)21(29-30-23)13-5-4-12(24)8-15(13)25/h3-8,19H,2,10,28H2,1H3,(H2,27,31)(H,29,30)/t19-/m1/s1. The molecule has 1 aromatic heterocycles. The van der Waals surface area contributed by atoms with Gasteiger partial charge in [0.25, 0.3) is 5.91 Å². The fourth-order valence-electron chi connectivity index (χ4n) is 3.72. The van der Waals surface area contributed by atoms with Crippen molar-refractivity contribution in [2.24, 2.45) is 11.5 Å². The van der Waals surface area contributed by atoms with E-state index in [2.05, 4.69) is 16.3 Å². The number of nitrogens with zero attached hydrogens (tertiary/aromatic N) is 2. The van der Waals surface area contributed by atoms with Gasteiger partial charge in [-0.1, -0.05) is 29.3 Å². The number of allylic oxidation sites excluding steroid dienone is 1. The largest absolute Gasteiger partial charge is 0.490 e. The number of nitrogens with one attached hydrogen (secondary N) is 1. The van der Waals surface area contributed by atoms with Crippen LogP contribution in [0.4, 0.5) is 0 Å². The van der Waals surface area contributed by atoms with Crippen LogP contribution in [0.3, 0.4) is 0 Å². The number of aromatic amines is 1. The van der Waals surface area contributed by atoms with Gasteiger partial charge in [0.15, 0.2) is 18.1 Å². The third-order valence-corrected chi connectivity index (χ3v) is 5.66. The summed E-state index contributed by atoms with van der Waals surface area (Å²) < 4.78 is 16.8. The predicted octanol–water partition coefficient (Wildman–Crippen LogP) is 3.86. The number of carbonyl (C=O) groups is 1. The first-order valence-electron chi connectivity index (χ1n) is 10.1. The molecule has 0 saturated carbocycles. The summed E-state index contributed by atoms with van der Waals surface area (Å²) in [4.78, 5) is 11.2. The van der Waals surface area contributed by atoms with Gasteiger partial charge in [-0.15, -0.1) is 5.10 Å². The van der Waals surface area contributed by atoms with Gasteiger partial charge in [-0.3, -0.25) is 9.89 Å². The molecule has 0 spiro atoms. The smallest absolute Gasteiger partial charge is 0.255 e. The molecule has 174 valence electrons. The van der Waals surface area contributed by atoms with Crippen molar-refractivity contribution in [2.75, 3.05) is 13.2 Å². The predicted molar refractivity (Wildman–Crippen MR) is 126 cm³/mol. The minimum absolute atomic E-state index is 0.0627. The van der Waals surface area contributed by atoms with Crippen molar-refractivity contribution < 1.29 is 19.0 Å². The van der Waals surface area contributed by atoms with Crippen LogP contribution in [-0.4, -0.2) is 29.3 Å². The zero-order valence-corrected chi connectivity index (χ0v) is 19.4.